The van der Waals surface area contributed by atoms with Gasteiger partial charge in [-0.05, 0) is 54.2 Å². The quantitative estimate of drug-likeness (QED) is 0.550. The SMILES string of the molecule is COc1ccc(N2C(=S)N[C@@H](c3ccccn3)[C@@H]2c2ccn(C)c2)cc1NS(C)(=O)=O. The lowest BCUT2D eigenvalue weighted by atomic mass is 9.98. The van der Waals surface area contributed by atoms with Crippen LogP contribution in [-0.4, -0.2) is 36.4 Å². The highest BCUT2D eigenvalue weighted by atomic mass is 32.2. The molecule has 1 aromatic carbocycles. The van der Waals surface area contributed by atoms with Gasteiger partial charge in [-0.3, -0.25) is 9.71 Å². The van der Waals surface area contributed by atoms with Crippen molar-refractivity contribution in [1.29, 1.82) is 0 Å². The highest BCUT2D eigenvalue weighted by Gasteiger charge is 2.41. The Morgan fingerprint density at radius 3 is 2.65 bits per heavy atom. The van der Waals surface area contributed by atoms with Gasteiger partial charge in [0.25, 0.3) is 0 Å². The number of aromatic nitrogens is 2. The first kappa shape index (κ1) is 21.1. The van der Waals surface area contributed by atoms with Gasteiger partial charge in [0.1, 0.15) is 5.75 Å². The zero-order valence-corrected chi connectivity index (χ0v) is 18.9. The lowest BCUT2D eigenvalue weighted by molar-refractivity contribution is 0.417. The van der Waals surface area contributed by atoms with Crippen molar-refractivity contribution in [2.75, 3.05) is 23.0 Å². The van der Waals surface area contributed by atoms with Crippen LogP contribution in [0.4, 0.5) is 11.4 Å². The predicted octanol–water partition coefficient (Wildman–Crippen LogP) is 2.98. The zero-order valence-electron chi connectivity index (χ0n) is 17.3. The molecule has 31 heavy (non-hydrogen) atoms. The van der Waals surface area contributed by atoms with E-state index in [1.807, 2.05) is 59.2 Å². The Morgan fingerprint density at radius 1 is 1.23 bits per heavy atom. The van der Waals surface area contributed by atoms with E-state index < -0.39 is 10.0 Å². The molecule has 1 aliphatic rings. The first-order valence-electron chi connectivity index (χ1n) is 9.55. The first-order chi connectivity index (χ1) is 14.8. The molecule has 8 nitrogen and oxygen atoms in total. The Morgan fingerprint density at radius 2 is 2.03 bits per heavy atom. The average molecular weight is 458 g/mol. The van der Waals surface area contributed by atoms with E-state index in [9.17, 15) is 8.42 Å². The molecule has 2 aromatic heterocycles. The van der Waals surface area contributed by atoms with E-state index in [2.05, 4.69) is 15.0 Å². The molecule has 0 saturated carbocycles. The molecule has 0 amide bonds. The number of anilines is 2. The Kier molecular flexibility index (Phi) is 5.59. The number of methoxy groups -OCH3 is 1. The largest absolute Gasteiger partial charge is 0.495 e. The maximum absolute atomic E-state index is 11.9. The number of benzene rings is 1. The number of sulfonamides is 1. The topological polar surface area (TPSA) is 88.5 Å². The molecule has 0 aliphatic carbocycles. The summed E-state index contributed by atoms with van der Waals surface area (Å²) in [6.07, 6.45) is 6.88. The van der Waals surface area contributed by atoms with E-state index in [0.29, 0.717) is 16.5 Å². The van der Waals surface area contributed by atoms with Gasteiger partial charge in [0.15, 0.2) is 5.11 Å². The molecular weight excluding hydrogens is 434 g/mol. The number of thiocarbonyl (C=S) groups is 1. The van der Waals surface area contributed by atoms with Crippen LogP contribution in [0, 0.1) is 0 Å². The summed E-state index contributed by atoms with van der Waals surface area (Å²) in [5, 5.41) is 3.92. The summed E-state index contributed by atoms with van der Waals surface area (Å²) in [6.45, 7) is 0. The van der Waals surface area contributed by atoms with E-state index in [1.54, 1.807) is 18.3 Å². The molecule has 2 N–H and O–H groups in total. The lowest BCUT2D eigenvalue weighted by Crippen LogP contribution is -2.29. The molecule has 3 aromatic rings. The van der Waals surface area contributed by atoms with E-state index >= 15 is 0 Å². The molecular formula is C21H23N5O3S2. The van der Waals surface area contributed by atoms with E-state index in [0.717, 1.165) is 23.2 Å². The van der Waals surface area contributed by atoms with Gasteiger partial charge in [0.2, 0.25) is 10.0 Å². The van der Waals surface area contributed by atoms with Crippen LogP contribution in [0.15, 0.2) is 61.1 Å². The third kappa shape index (κ3) is 4.35. The minimum atomic E-state index is -3.49. The summed E-state index contributed by atoms with van der Waals surface area (Å²) in [6, 6.07) is 12.8. The van der Waals surface area contributed by atoms with Crippen molar-refractivity contribution in [2.45, 2.75) is 12.1 Å². The van der Waals surface area contributed by atoms with Gasteiger partial charge in [-0.25, -0.2) is 8.42 Å². The summed E-state index contributed by atoms with van der Waals surface area (Å²) in [4.78, 5) is 6.52. The summed E-state index contributed by atoms with van der Waals surface area (Å²) in [5.74, 6) is 0.421. The Bertz CT molecular complexity index is 1210. The number of rotatable bonds is 6. The van der Waals surface area contributed by atoms with Gasteiger partial charge < -0.3 is 19.5 Å². The van der Waals surface area contributed by atoms with Crippen LogP contribution in [-0.2, 0) is 17.1 Å². The van der Waals surface area contributed by atoms with Crippen molar-refractivity contribution in [2.24, 2.45) is 7.05 Å². The highest BCUT2D eigenvalue weighted by Crippen LogP contribution is 2.43. The molecule has 0 bridgehead atoms. The van der Waals surface area contributed by atoms with Crippen molar-refractivity contribution >= 4 is 38.7 Å². The number of pyridine rings is 1. The zero-order chi connectivity index (χ0) is 22.2. The number of nitrogens with zero attached hydrogens (tertiary/aromatic N) is 3. The molecule has 0 radical (unpaired) electrons. The monoisotopic (exact) mass is 457 g/mol. The van der Waals surface area contributed by atoms with Gasteiger partial charge >= 0.3 is 0 Å². The van der Waals surface area contributed by atoms with Crippen molar-refractivity contribution < 1.29 is 13.2 Å². The Balaban J connectivity index is 1.82. The van der Waals surface area contributed by atoms with Crippen molar-refractivity contribution in [3.63, 3.8) is 0 Å². The maximum Gasteiger partial charge on any atom is 0.229 e. The van der Waals surface area contributed by atoms with Gasteiger partial charge in [0.05, 0.1) is 36.8 Å². The highest BCUT2D eigenvalue weighted by molar-refractivity contribution is 7.92. The van der Waals surface area contributed by atoms with Crippen LogP contribution < -0.4 is 19.7 Å². The molecule has 2 atom stereocenters. The van der Waals surface area contributed by atoms with Crippen LogP contribution in [0.2, 0.25) is 0 Å². The Labute approximate surface area is 186 Å². The summed E-state index contributed by atoms with van der Waals surface area (Å²) in [7, 11) is -0.0315. The minimum absolute atomic E-state index is 0.176. The second-order valence-corrected chi connectivity index (χ2v) is 9.50. The fraction of sp³-hybridized carbons (Fsp3) is 0.238. The molecule has 1 saturated heterocycles. The fourth-order valence-electron chi connectivity index (χ4n) is 3.80. The molecule has 0 spiro atoms. The van der Waals surface area contributed by atoms with Crippen molar-refractivity contribution in [1.82, 2.24) is 14.9 Å². The summed E-state index contributed by atoms with van der Waals surface area (Å²) < 4.78 is 33.6. The number of nitrogens with one attached hydrogen (secondary N) is 2. The van der Waals surface area contributed by atoms with Crippen LogP contribution in [0.25, 0.3) is 0 Å². The van der Waals surface area contributed by atoms with Crippen LogP contribution in [0.5, 0.6) is 5.75 Å². The van der Waals surface area contributed by atoms with Crippen molar-refractivity contribution in [3.8, 4) is 5.75 Å². The van der Waals surface area contributed by atoms with Gasteiger partial charge in [-0.1, -0.05) is 6.07 Å². The summed E-state index contributed by atoms with van der Waals surface area (Å²) in [5.41, 5.74) is 3.00. The standard InChI is InChI=1S/C21H23N5O3S2/c1-25-11-9-14(13-25)20-19(16-6-4-5-10-22-16)23-21(30)26(20)15-7-8-18(29-2)17(12-15)24-31(3,27)28/h4-13,19-20,24H,1-3H3,(H,23,30)/t19-,20-/m0/s1. The van der Waals surface area contributed by atoms with Gasteiger partial charge in [0, 0.05) is 31.3 Å². The smallest absolute Gasteiger partial charge is 0.229 e. The van der Waals surface area contributed by atoms with Crippen molar-refractivity contribution in [3.05, 3.63) is 72.3 Å². The molecule has 0 unspecified atom stereocenters. The Hall–Kier alpha value is -3.11. The molecule has 3 heterocycles. The molecule has 1 aliphatic heterocycles. The fourth-order valence-corrected chi connectivity index (χ4v) is 4.70. The molecule has 4 rings (SSSR count). The summed E-state index contributed by atoms with van der Waals surface area (Å²) >= 11 is 5.71. The third-order valence-electron chi connectivity index (χ3n) is 5.05. The van der Waals surface area contributed by atoms with E-state index in [1.165, 1.54) is 7.11 Å². The van der Waals surface area contributed by atoms with E-state index in [4.69, 9.17) is 17.0 Å². The molecule has 162 valence electrons. The van der Waals surface area contributed by atoms with E-state index in [-0.39, 0.29) is 12.1 Å². The average Bonchev–Trinajstić information content (AvgIpc) is 3.30. The number of hydrogen-bond acceptors (Lipinski definition) is 5. The van der Waals surface area contributed by atoms with Crippen LogP contribution >= 0.6 is 12.2 Å². The third-order valence-corrected chi connectivity index (χ3v) is 5.96. The number of ether oxygens (including phenoxy) is 1. The predicted molar refractivity (Wildman–Crippen MR) is 125 cm³/mol. The van der Waals surface area contributed by atoms with Gasteiger partial charge in [-0.2, -0.15) is 0 Å². The lowest BCUT2D eigenvalue weighted by Gasteiger charge is -2.28. The molecule has 10 heteroatoms. The maximum atomic E-state index is 11.9. The minimum Gasteiger partial charge on any atom is -0.495 e. The van der Waals surface area contributed by atoms with Gasteiger partial charge in [-0.15, -0.1) is 0 Å². The number of hydrogen-bond donors (Lipinski definition) is 2. The second kappa shape index (κ2) is 8.20. The normalized spacial score (nSPS) is 18.7. The van der Waals surface area contributed by atoms with Crippen LogP contribution in [0.1, 0.15) is 23.3 Å². The molecule has 1 fully saturated rings. The number of aryl methyl sites for hydroxylation is 1. The second-order valence-electron chi connectivity index (χ2n) is 7.37. The van der Waals surface area contributed by atoms with Crippen LogP contribution in [0.3, 0.4) is 0 Å². The first-order valence-corrected chi connectivity index (χ1v) is 11.8.